The minimum atomic E-state index is -0.148. The fourth-order valence-corrected chi connectivity index (χ4v) is 5.91. The summed E-state index contributed by atoms with van der Waals surface area (Å²) in [4.78, 5) is 31.1. The number of aromatic nitrogens is 2. The van der Waals surface area contributed by atoms with Gasteiger partial charge in [0.1, 0.15) is 0 Å². The van der Waals surface area contributed by atoms with Crippen molar-refractivity contribution in [2.45, 2.75) is 187 Å². The van der Waals surface area contributed by atoms with Gasteiger partial charge in [-0.15, -0.1) is 0 Å². The predicted molar refractivity (Wildman–Crippen MR) is 192 cm³/mol. The molecule has 0 aromatic carbocycles. The number of nitrogens with zero attached hydrogens (tertiary/aromatic N) is 3. The maximum absolute atomic E-state index is 12.4. The monoisotopic (exact) mass is 648 g/mol. The van der Waals surface area contributed by atoms with E-state index in [1.165, 1.54) is 128 Å². The van der Waals surface area contributed by atoms with Crippen LogP contribution >= 0.6 is 0 Å². The molecule has 0 radical (unpaired) electrons. The van der Waals surface area contributed by atoms with Gasteiger partial charge >= 0.3 is 11.9 Å². The van der Waals surface area contributed by atoms with Crippen LogP contribution in [-0.2, 0) is 25.6 Å². The molecular formula is C39H73N3O4. The van der Waals surface area contributed by atoms with Crippen molar-refractivity contribution in [1.29, 1.82) is 0 Å². The zero-order valence-corrected chi connectivity index (χ0v) is 30.3. The average molecular weight is 648 g/mol. The lowest BCUT2D eigenvalue weighted by atomic mass is 10.1. The summed E-state index contributed by atoms with van der Waals surface area (Å²) in [6, 6.07) is 0. The van der Waals surface area contributed by atoms with Gasteiger partial charge in [0.15, 0.2) is 0 Å². The molecular weight excluding hydrogens is 574 g/mol. The molecule has 7 heteroatoms. The summed E-state index contributed by atoms with van der Waals surface area (Å²) < 4.78 is 13.1. The van der Waals surface area contributed by atoms with Crippen molar-refractivity contribution in [3.63, 3.8) is 0 Å². The van der Waals surface area contributed by atoms with Crippen LogP contribution in [0.4, 0.5) is 0 Å². The number of carbonyl (C=O) groups is 2. The number of rotatable bonds is 35. The first-order valence-corrected chi connectivity index (χ1v) is 19.6. The summed E-state index contributed by atoms with van der Waals surface area (Å²) in [6.07, 6.45) is 37.2. The third kappa shape index (κ3) is 28.3. The van der Waals surface area contributed by atoms with E-state index in [9.17, 15) is 9.59 Å². The van der Waals surface area contributed by atoms with E-state index in [2.05, 4.69) is 23.7 Å². The van der Waals surface area contributed by atoms with E-state index in [0.29, 0.717) is 39.1 Å². The van der Waals surface area contributed by atoms with Gasteiger partial charge in [-0.25, -0.2) is 4.98 Å². The second-order valence-electron chi connectivity index (χ2n) is 13.4. The fourth-order valence-electron chi connectivity index (χ4n) is 5.91. The Kier molecular flexibility index (Phi) is 30.3. The highest BCUT2D eigenvalue weighted by Gasteiger charge is 2.13. The van der Waals surface area contributed by atoms with Gasteiger partial charge in [0.2, 0.25) is 0 Å². The van der Waals surface area contributed by atoms with E-state index in [1.54, 1.807) is 12.5 Å². The number of hydrogen-bond donors (Lipinski definition) is 0. The van der Waals surface area contributed by atoms with Crippen molar-refractivity contribution in [2.24, 2.45) is 0 Å². The number of carbonyl (C=O) groups excluding carboxylic acids is 2. The molecule has 0 bridgehead atoms. The minimum absolute atomic E-state index is 0.148. The van der Waals surface area contributed by atoms with Crippen LogP contribution in [0.25, 0.3) is 0 Å². The molecule has 0 fully saturated rings. The molecule has 1 heterocycles. The third-order valence-corrected chi connectivity index (χ3v) is 9.02. The summed E-state index contributed by atoms with van der Waals surface area (Å²) in [5.41, 5.74) is 0. The van der Waals surface area contributed by atoms with Gasteiger partial charge in [-0.05, 0) is 12.8 Å². The van der Waals surface area contributed by atoms with Crippen LogP contribution in [-0.4, -0.2) is 59.2 Å². The summed E-state index contributed by atoms with van der Waals surface area (Å²) in [7, 11) is 0. The Hall–Kier alpha value is -1.89. The van der Waals surface area contributed by atoms with E-state index in [-0.39, 0.29) is 11.9 Å². The maximum atomic E-state index is 12.4. The first-order chi connectivity index (χ1) is 22.7. The van der Waals surface area contributed by atoms with Crippen LogP contribution in [0, 0.1) is 0 Å². The first-order valence-electron chi connectivity index (χ1n) is 19.6. The Balaban J connectivity index is 2.09. The molecule has 0 N–H and O–H groups in total. The second-order valence-corrected chi connectivity index (χ2v) is 13.4. The van der Waals surface area contributed by atoms with Crippen LogP contribution in [0.15, 0.2) is 18.7 Å². The van der Waals surface area contributed by atoms with Crippen LogP contribution in [0.3, 0.4) is 0 Å². The number of ether oxygens (including phenoxy) is 2. The lowest BCUT2D eigenvalue weighted by Gasteiger charge is -2.21. The molecule has 0 atom stereocenters. The molecule has 0 saturated carbocycles. The Labute approximate surface area is 284 Å². The lowest BCUT2D eigenvalue weighted by Crippen LogP contribution is -2.32. The average Bonchev–Trinajstić information content (AvgIpc) is 3.59. The topological polar surface area (TPSA) is 73.7 Å². The van der Waals surface area contributed by atoms with Gasteiger partial charge in [0.05, 0.1) is 32.4 Å². The van der Waals surface area contributed by atoms with E-state index >= 15 is 0 Å². The summed E-state index contributed by atoms with van der Waals surface area (Å²) in [5.74, 6) is -0.296. The number of imidazole rings is 1. The van der Waals surface area contributed by atoms with Crippen molar-refractivity contribution >= 4 is 11.9 Å². The van der Waals surface area contributed by atoms with E-state index in [0.717, 1.165) is 38.8 Å². The number of esters is 2. The van der Waals surface area contributed by atoms with Crippen molar-refractivity contribution in [3.05, 3.63) is 18.7 Å². The zero-order chi connectivity index (χ0) is 33.2. The van der Waals surface area contributed by atoms with Crippen molar-refractivity contribution in [2.75, 3.05) is 32.8 Å². The van der Waals surface area contributed by atoms with Crippen LogP contribution < -0.4 is 0 Å². The summed E-state index contributed by atoms with van der Waals surface area (Å²) >= 11 is 0. The molecule has 0 unspecified atom stereocenters. The SMILES string of the molecule is CCCCCCCCCCCCCCOC(=O)CCN(CCC(=O)OCCCCCCCCCCCCCC)CCn1ccnc1. The normalized spacial score (nSPS) is 11.4. The molecule has 46 heavy (non-hydrogen) atoms. The standard InChI is InChI=1S/C39H73N3O4/c1-3-5-7-9-11-13-15-17-19-21-23-25-35-45-38(43)27-30-41(33-34-42-32-29-40-37-42)31-28-39(44)46-36-26-24-22-20-18-16-14-12-10-8-6-4-2/h29,32,37H,3-28,30-31,33-36H2,1-2H3. The highest BCUT2D eigenvalue weighted by molar-refractivity contribution is 5.70. The van der Waals surface area contributed by atoms with Gasteiger partial charge in [-0.1, -0.05) is 155 Å². The Morgan fingerprint density at radius 1 is 0.543 bits per heavy atom. The fraction of sp³-hybridized carbons (Fsp3) is 0.872. The number of unbranched alkanes of at least 4 members (excludes halogenated alkanes) is 22. The lowest BCUT2D eigenvalue weighted by molar-refractivity contribution is -0.144. The summed E-state index contributed by atoms with van der Waals surface area (Å²) in [5, 5.41) is 0. The second kappa shape index (κ2) is 33.0. The third-order valence-electron chi connectivity index (χ3n) is 9.02. The van der Waals surface area contributed by atoms with Crippen molar-refractivity contribution < 1.29 is 19.1 Å². The smallest absolute Gasteiger partial charge is 0.307 e. The van der Waals surface area contributed by atoms with E-state index < -0.39 is 0 Å². The molecule has 268 valence electrons. The molecule has 1 rings (SSSR count). The van der Waals surface area contributed by atoms with E-state index in [1.807, 2.05) is 10.8 Å². The summed E-state index contributed by atoms with van der Waals surface area (Å²) in [6.45, 7) is 8.23. The Morgan fingerprint density at radius 2 is 0.913 bits per heavy atom. The molecule has 0 aliphatic heterocycles. The molecule has 0 aliphatic rings. The molecule has 1 aromatic heterocycles. The highest BCUT2D eigenvalue weighted by atomic mass is 16.5. The maximum Gasteiger partial charge on any atom is 0.307 e. The van der Waals surface area contributed by atoms with Crippen molar-refractivity contribution in [1.82, 2.24) is 14.5 Å². The largest absolute Gasteiger partial charge is 0.466 e. The van der Waals surface area contributed by atoms with Crippen molar-refractivity contribution in [3.8, 4) is 0 Å². The van der Waals surface area contributed by atoms with Crippen LogP contribution in [0.5, 0.6) is 0 Å². The minimum Gasteiger partial charge on any atom is -0.466 e. The zero-order valence-electron chi connectivity index (χ0n) is 30.3. The molecule has 0 amide bonds. The predicted octanol–water partition coefficient (Wildman–Crippen LogP) is 10.5. The molecule has 7 nitrogen and oxygen atoms in total. The quantitative estimate of drug-likeness (QED) is 0.0539. The van der Waals surface area contributed by atoms with Gasteiger partial charge in [-0.2, -0.15) is 0 Å². The van der Waals surface area contributed by atoms with Crippen LogP contribution in [0.1, 0.15) is 181 Å². The molecule has 0 spiro atoms. The Morgan fingerprint density at radius 3 is 1.26 bits per heavy atom. The Bertz CT molecular complexity index is 740. The van der Waals surface area contributed by atoms with E-state index in [4.69, 9.17) is 9.47 Å². The van der Waals surface area contributed by atoms with Gasteiger partial charge in [0, 0.05) is 38.6 Å². The molecule has 0 aliphatic carbocycles. The van der Waals surface area contributed by atoms with Gasteiger partial charge in [0.25, 0.3) is 0 Å². The van der Waals surface area contributed by atoms with Gasteiger partial charge < -0.3 is 18.9 Å². The van der Waals surface area contributed by atoms with Crippen LogP contribution in [0.2, 0.25) is 0 Å². The first kappa shape index (κ1) is 42.1. The van der Waals surface area contributed by atoms with Gasteiger partial charge in [-0.3, -0.25) is 9.59 Å². The molecule has 1 aromatic rings. The number of hydrogen-bond acceptors (Lipinski definition) is 6. The molecule has 0 saturated heterocycles. The highest BCUT2D eigenvalue weighted by Crippen LogP contribution is 2.13.